The number of rotatable bonds is 2. The summed E-state index contributed by atoms with van der Waals surface area (Å²) in [5, 5.41) is 18.4. The fourth-order valence-corrected chi connectivity index (χ4v) is 1.73. The van der Waals surface area contributed by atoms with Crippen molar-refractivity contribution in [1.82, 2.24) is 0 Å². The summed E-state index contributed by atoms with van der Waals surface area (Å²) in [6.07, 6.45) is -2.18. The predicted molar refractivity (Wildman–Crippen MR) is 51.0 cm³/mol. The summed E-state index contributed by atoms with van der Waals surface area (Å²) in [6.45, 7) is -0.337. The molecular weight excluding hydrogens is 218 g/mol. The first-order valence-electron chi connectivity index (χ1n) is 4.78. The van der Waals surface area contributed by atoms with Gasteiger partial charge in [-0.1, -0.05) is 0 Å². The van der Waals surface area contributed by atoms with Crippen LogP contribution in [0.15, 0.2) is 4.99 Å². The second kappa shape index (κ2) is 3.75. The normalized spacial score (nSPS) is 37.4. The number of cyclic esters (lactones) is 1. The van der Waals surface area contributed by atoms with Crippen LogP contribution >= 0.6 is 0 Å². The first-order chi connectivity index (χ1) is 7.43. The lowest BCUT2D eigenvalue weighted by molar-refractivity contribution is -0.145. The van der Waals surface area contributed by atoms with Crippen LogP contribution in [0.3, 0.4) is 0 Å². The van der Waals surface area contributed by atoms with Crippen LogP contribution in [0.5, 0.6) is 0 Å². The van der Waals surface area contributed by atoms with E-state index < -0.39 is 30.3 Å². The molecule has 0 aliphatic carbocycles. The fourth-order valence-electron chi connectivity index (χ4n) is 1.73. The Balaban J connectivity index is 2.13. The van der Waals surface area contributed by atoms with E-state index in [2.05, 4.69) is 9.73 Å². The molecule has 2 aliphatic rings. The Morgan fingerprint density at radius 3 is 2.69 bits per heavy atom. The van der Waals surface area contributed by atoms with E-state index in [-0.39, 0.29) is 18.7 Å². The maximum atomic E-state index is 11.3. The third-order valence-electron chi connectivity index (χ3n) is 2.47. The minimum atomic E-state index is -1.86. The zero-order valence-electron chi connectivity index (χ0n) is 8.37. The van der Waals surface area contributed by atoms with E-state index in [0.29, 0.717) is 0 Å². The molecule has 0 unspecified atom stereocenters. The van der Waals surface area contributed by atoms with Crippen LogP contribution in [0, 0.1) is 0 Å². The Bertz CT molecular complexity index is 343. The van der Waals surface area contributed by atoms with Crippen molar-refractivity contribution in [1.29, 1.82) is 0 Å². The molecule has 0 spiro atoms. The number of nitrogens with zero attached hydrogens (tertiary/aromatic N) is 1. The molecule has 8 heteroatoms. The Morgan fingerprint density at radius 1 is 1.56 bits per heavy atom. The highest BCUT2D eigenvalue weighted by atomic mass is 16.6. The third-order valence-corrected chi connectivity index (χ3v) is 2.47. The van der Waals surface area contributed by atoms with Crippen molar-refractivity contribution >= 4 is 11.7 Å². The summed E-state index contributed by atoms with van der Waals surface area (Å²) >= 11 is 0. The molecule has 16 heavy (non-hydrogen) atoms. The predicted octanol–water partition coefficient (Wildman–Crippen LogP) is -2.98. The van der Waals surface area contributed by atoms with E-state index in [1.165, 1.54) is 0 Å². The zero-order chi connectivity index (χ0) is 11.9. The van der Waals surface area contributed by atoms with Crippen LogP contribution in [0.1, 0.15) is 6.42 Å². The van der Waals surface area contributed by atoms with E-state index in [9.17, 15) is 9.90 Å². The standard InChI is InChI=1S/C8H13N3O5/c9-8(10)11-6(7(14)16-8)4-1-3(13)5(2-12)15-4/h3-5,12-13H,1-2,9-10H2/t3-,4+,5+/m0/s1. The Morgan fingerprint density at radius 2 is 2.25 bits per heavy atom. The minimum absolute atomic E-state index is 0.0556. The number of carbonyl (C=O) groups is 1. The van der Waals surface area contributed by atoms with Crippen molar-refractivity contribution in [3.8, 4) is 0 Å². The number of hydrogen-bond acceptors (Lipinski definition) is 8. The lowest BCUT2D eigenvalue weighted by Gasteiger charge is -2.10. The number of ether oxygens (including phenoxy) is 2. The second-order valence-electron chi connectivity index (χ2n) is 3.79. The van der Waals surface area contributed by atoms with E-state index in [1.807, 2.05) is 0 Å². The smallest absolute Gasteiger partial charge is 0.359 e. The highest BCUT2D eigenvalue weighted by molar-refractivity contribution is 6.39. The van der Waals surface area contributed by atoms with Gasteiger partial charge in [-0.2, -0.15) is 0 Å². The summed E-state index contributed by atoms with van der Waals surface area (Å²) in [7, 11) is 0. The van der Waals surface area contributed by atoms with Gasteiger partial charge in [0, 0.05) is 6.42 Å². The van der Waals surface area contributed by atoms with Gasteiger partial charge in [0.2, 0.25) is 0 Å². The highest BCUT2D eigenvalue weighted by Gasteiger charge is 2.45. The molecule has 0 aromatic heterocycles. The number of nitrogens with two attached hydrogens (primary N) is 2. The second-order valence-corrected chi connectivity index (χ2v) is 3.79. The molecule has 2 aliphatic heterocycles. The zero-order valence-corrected chi connectivity index (χ0v) is 8.37. The molecule has 0 radical (unpaired) electrons. The Labute approximate surface area is 90.8 Å². The number of hydrogen-bond donors (Lipinski definition) is 4. The molecule has 3 atom stereocenters. The van der Waals surface area contributed by atoms with Crippen molar-refractivity contribution in [3.05, 3.63) is 0 Å². The monoisotopic (exact) mass is 231 g/mol. The molecule has 0 bridgehead atoms. The van der Waals surface area contributed by atoms with Gasteiger partial charge < -0.3 is 19.7 Å². The largest absolute Gasteiger partial charge is 0.405 e. The van der Waals surface area contributed by atoms with Crippen LogP contribution in [0.2, 0.25) is 0 Å². The summed E-state index contributed by atoms with van der Waals surface area (Å²) in [5.41, 5.74) is 10.6. The number of esters is 1. The van der Waals surface area contributed by atoms with Gasteiger partial charge in [0.25, 0.3) is 0 Å². The molecule has 0 aromatic rings. The number of aliphatic hydroxyl groups is 2. The van der Waals surface area contributed by atoms with E-state index in [0.717, 1.165) is 0 Å². The lowest BCUT2D eigenvalue weighted by atomic mass is 10.1. The molecule has 1 fully saturated rings. The van der Waals surface area contributed by atoms with Crippen LogP contribution in [0.25, 0.3) is 0 Å². The van der Waals surface area contributed by atoms with Gasteiger partial charge in [0.1, 0.15) is 12.2 Å². The Kier molecular flexibility index (Phi) is 2.68. The van der Waals surface area contributed by atoms with Crippen molar-refractivity contribution < 1.29 is 24.5 Å². The minimum Gasteiger partial charge on any atom is -0.405 e. The molecule has 0 aromatic carbocycles. The summed E-state index contributed by atoms with van der Waals surface area (Å²) in [4.78, 5) is 15.0. The van der Waals surface area contributed by atoms with Gasteiger partial charge in [-0.3, -0.25) is 11.5 Å². The lowest BCUT2D eigenvalue weighted by Crippen LogP contribution is -2.48. The maximum absolute atomic E-state index is 11.3. The van der Waals surface area contributed by atoms with Gasteiger partial charge in [-0.05, 0) is 0 Å². The van der Waals surface area contributed by atoms with Gasteiger partial charge in [0.15, 0.2) is 5.71 Å². The van der Waals surface area contributed by atoms with E-state index >= 15 is 0 Å². The SMILES string of the molecule is NC1(N)N=C([C@H]2C[C@H](O)[C@@H](CO)O2)C(=O)O1. The summed E-state index contributed by atoms with van der Waals surface area (Å²) in [6, 6.07) is 0. The molecule has 8 nitrogen and oxygen atoms in total. The fraction of sp³-hybridized carbons (Fsp3) is 0.750. The van der Waals surface area contributed by atoms with Gasteiger partial charge in [-0.15, -0.1) is 0 Å². The van der Waals surface area contributed by atoms with E-state index in [1.54, 1.807) is 0 Å². The quantitative estimate of drug-likeness (QED) is 0.293. The van der Waals surface area contributed by atoms with Crippen molar-refractivity contribution in [3.63, 3.8) is 0 Å². The van der Waals surface area contributed by atoms with Gasteiger partial charge in [0.05, 0.1) is 12.7 Å². The van der Waals surface area contributed by atoms with Gasteiger partial charge >= 0.3 is 11.9 Å². The van der Waals surface area contributed by atoms with E-state index in [4.69, 9.17) is 21.3 Å². The number of aliphatic hydroxyl groups excluding tert-OH is 2. The maximum Gasteiger partial charge on any atom is 0.359 e. The number of aliphatic imine (C=N–C) groups is 1. The van der Waals surface area contributed by atoms with Crippen LogP contribution in [0.4, 0.5) is 0 Å². The van der Waals surface area contributed by atoms with Gasteiger partial charge in [-0.25, -0.2) is 9.79 Å². The average molecular weight is 231 g/mol. The van der Waals surface area contributed by atoms with Crippen molar-refractivity contribution in [2.45, 2.75) is 30.7 Å². The molecular formula is C8H13N3O5. The topological polar surface area (TPSA) is 140 Å². The van der Waals surface area contributed by atoms with Crippen LogP contribution in [-0.2, 0) is 14.3 Å². The molecule has 0 saturated carbocycles. The Hall–Kier alpha value is -1.06. The van der Waals surface area contributed by atoms with Crippen molar-refractivity contribution in [2.75, 3.05) is 6.61 Å². The first kappa shape index (κ1) is 11.4. The molecule has 2 rings (SSSR count). The highest BCUT2D eigenvalue weighted by Crippen LogP contribution is 2.24. The summed E-state index contributed by atoms with van der Waals surface area (Å²) < 4.78 is 9.79. The van der Waals surface area contributed by atoms with Crippen molar-refractivity contribution in [2.24, 2.45) is 16.5 Å². The molecule has 1 saturated heterocycles. The number of carbonyl (C=O) groups excluding carboxylic acids is 1. The average Bonchev–Trinajstić information content (AvgIpc) is 2.66. The molecule has 90 valence electrons. The molecule has 0 amide bonds. The summed E-state index contributed by atoms with van der Waals surface area (Å²) in [5.74, 6) is -2.63. The molecule has 6 N–H and O–H groups in total. The third kappa shape index (κ3) is 1.93. The van der Waals surface area contributed by atoms with Crippen LogP contribution in [-0.4, -0.2) is 52.8 Å². The molecule has 2 heterocycles. The first-order valence-corrected chi connectivity index (χ1v) is 4.78. The van der Waals surface area contributed by atoms with Crippen LogP contribution < -0.4 is 11.5 Å².